The molecule has 0 aliphatic carbocycles. The van der Waals surface area contributed by atoms with E-state index in [1.165, 1.54) is 0 Å². The van der Waals surface area contributed by atoms with Crippen LogP contribution in [0.2, 0.25) is 5.02 Å². The largest absolute Gasteiger partial charge is 0.328 e. The van der Waals surface area contributed by atoms with E-state index < -0.39 is 0 Å². The van der Waals surface area contributed by atoms with Gasteiger partial charge in [-0.1, -0.05) is 11.6 Å². The van der Waals surface area contributed by atoms with Crippen molar-refractivity contribution in [2.45, 2.75) is 19.4 Å². The summed E-state index contributed by atoms with van der Waals surface area (Å²) in [5, 5.41) is 1.68. The lowest BCUT2D eigenvalue weighted by atomic mass is 10.2. The Kier molecular flexibility index (Phi) is 2.84. The number of aromatic nitrogens is 2. The van der Waals surface area contributed by atoms with Crippen LogP contribution in [-0.4, -0.2) is 16.0 Å². The number of nitrogens with zero attached hydrogens (tertiary/aromatic N) is 2. The highest BCUT2D eigenvalue weighted by molar-refractivity contribution is 6.31. The molecule has 1 heterocycles. The second-order valence-corrected chi connectivity index (χ2v) is 4.11. The zero-order valence-corrected chi connectivity index (χ0v) is 9.20. The molecule has 1 atom stereocenters. The molecule has 2 N–H and O–H groups in total. The minimum absolute atomic E-state index is 0.0710. The molecular formula is C11H12ClN3. The van der Waals surface area contributed by atoms with Gasteiger partial charge in [0.15, 0.2) is 0 Å². The first-order valence-electron chi connectivity index (χ1n) is 4.82. The predicted molar refractivity (Wildman–Crippen MR) is 61.9 cm³/mol. The molecule has 3 nitrogen and oxygen atoms in total. The quantitative estimate of drug-likeness (QED) is 0.846. The molecule has 78 valence electrons. The van der Waals surface area contributed by atoms with E-state index in [0.717, 1.165) is 16.7 Å². The fraction of sp³-hybridized carbons (Fsp3) is 0.273. The Morgan fingerprint density at radius 2 is 2.27 bits per heavy atom. The summed E-state index contributed by atoms with van der Waals surface area (Å²) in [4.78, 5) is 8.64. The first-order chi connectivity index (χ1) is 7.15. The van der Waals surface area contributed by atoms with Crippen molar-refractivity contribution in [1.82, 2.24) is 9.97 Å². The molecule has 2 aromatic rings. The lowest BCUT2D eigenvalue weighted by molar-refractivity contribution is 0.705. The van der Waals surface area contributed by atoms with Gasteiger partial charge in [-0.05, 0) is 25.1 Å². The fourth-order valence-corrected chi connectivity index (χ4v) is 1.59. The van der Waals surface area contributed by atoms with Gasteiger partial charge in [-0.2, -0.15) is 0 Å². The highest BCUT2D eigenvalue weighted by atomic mass is 35.5. The van der Waals surface area contributed by atoms with Crippen molar-refractivity contribution in [3.05, 3.63) is 35.2 Å². The number of benzene rings is 1. The molecule has 0 saturated heterocycles. The summed E-state index contributed by atoms with van der Waals surface area (Å²) in [5.41, 5.74) is 6.56. The van der Waals surface area contributed by atoms with Crippen LogP contribution in [0, 0.1) is 0 Å². The molecule has 15 heavy (non-hydrogen) atoms. The Balaban J connectivity index is 2.45. The predicted octanol–water partition coefficient (Wildman–Crippen LogP) is 2.17. The van der Waals surface area contributed by atoms with Gasteiger partial charge in [0, 0.05) is 29.1 Å². The maximum absolute atomic E-state index is 5.89. The van der Waals surface area contributed by atoms with Gasteiger partial charge < -0.3 is 5.73 Å². The third-order valence-electron chi connectivity index (χ3n) is 2.10. The van der Waals surface area contributed by atoms with Crippen LogP contribution in [0.1, 0.15) is 12.7 Å². The van der Waals surface area contributed by atoms with Crippen LogP contribution in [-0.2, 0) is 6.42 Å². The number of hydrogen-bond acceptors (Lipinski definition) is 3. The summed E-state index contributed by atoms with van der Waals surface area (Å²) in [6, 6.07) is 5.65. The van der Waals surface area contributed by atoms with Gasteiger partial charge in [-0.25, -0.2) is 9.97 Å². The summed E-state index contributed by atoms with van der Waals surface area (Å²) in [7, 11) is 0. The van der Waals surface area contributed by atoms with Crippen LogP contribution < -0.4 is 5.73 Å². The van der Waals surface area contributed by atoms with Crippen LogP contribution in [0.25, 0.3) is 10.9 Å². The highest BCUT2D eigenvalue weighted by Crippen LogP contribution is 2.16. The molecule has 0 aliphatic rings. The molecular weight excluding hydrogens is 210 g/mol. The van der Waals surface area contributed by atoms with Gasteiger partial charge >= 0.3 is 0 Å². The Morgan fingerprint density at radius 1 is 1.47 bits per heavy atom. The monoisotopic (exact) mass is 221 g/mol. The topological polar surface area (TPSA) is 51.8 Å². The molecule has 0 spiro atoms. The molecule has 0 fully saturated rings. The standard InChI is InChI=1S/C11H12ClN3/c1-7(13)4-11-14-6-8-2-3-9(12)5-10(8)15-11/h2-3,5-7H,4,13H2,1H3. The average Bonchev–Trinajstić information content (AvgIpc) is 2.16. The van der Waals surface area contributed by atoms with Gasteiger partial charge in [0.1, 0.15) is 5.82 Å². The first-order valence-corrected chi connectivity index (χ1v) is 5.20. The van der Waals surface area contributed by atoms with E-state index in [0.29, 0.717) is 11.4 Å². The van der Waals surface area contributed by atoms with E-state index in [1.807, 2.05) is 25.1 Å². The number of nitrogens with two attached hydrogens (primary N) is 1. The minimum Gasteiger partial charge on any atom is -0.328 e. The van der Waals surface area contributed by atoms with Crippen molar-refractivity contribution in [2.24, 2.45) is 5.73 Å². The van der Waals surface area contributed by atoms with Gasteiger partial charge in [0.2, 0.25) is 0 Å². The Morgan fingerprint density at radius 3 is 3.00 bits per heavy atom. The van der Waals surface area contributed by atoms with E-state index >= 15 is 0 Å². The Hall–Kier alpha value is -1.19. The van der Waals surface area contributed by atoms with Crippen LogP contribution >= 0.6 is 11.6 Å². The van der Waals surface area contributed by atoms with Gasteiger partial charge in [-0.3, -0.25) is 0 Å². The fourth-order valence-electron chi connectivity index (χ4n) is 1.42. The van der Waals surface area contributed by atoms with E-state index in [2.05, 4.69) is 9.97 Å². The number of rotatable bonds is 2. The van der Waals surface area contributed by atoms with Crippen molar-refractivity contribution in [3.63, 3.8) is 0 Å². The van der Waals surface area contributed by atoms with Crippen molar-refractivity contribution < 1.29 is 0 Å². The number of hydrogen-bond donors (Lipinski definition) is 1. The summed E-state index contributed by atoms with van der Waals surface area (Å²) in [6.45, 7) is 1.94. The number of fused-ring (bicyclic) bond motifs is 1. The van der Waals surface area contributed by atoms with Crippen LogP contribution in [0.4, 0.5) is 0 Å². The van der Waals surface area contributed by atoms with Gasteiger partial charge in [0.25, 0.3) is 0 Å². The summed E-state index contributed by atoms with van der Waals surface area (Å²) < 4.78 is 0. The molecule has 1 aromatic heterocycles. The maximum Gasteiger partial charge on any atom is 0.130 e. The molecule has 1 unspecified atom stereocenters. The molecule has 0 bridgehead atoms. The molecule has 0 aliphatic heterocycles. The van der Waals surface area contributed by atoms with Crippen molar-refractivity contribution in [3.8, 4) is 0 Å². The zero-order chi connectivity index (χ0) is 10.8. The van der Waals surface area contributed by atoms with E-state index in [4.69, 9.17) is 17.3 Å². The second kappa shape index (κ2) is 4.13. The van der Waals surface area contributed by atoms with Crippen LogP contribution in [0.3, 0.4) is 0 Å². The van der Waals surface area contributed by atoms with Gasteiger partial charge in [0.05, 0.1) is 5.52 Å². The first kappa shape index (κ1) is 10.3. The third-order valence-corrected chi connectivity index (χ3v) is 2.33. The lowest BCUT2D eigenvalue weighted by Gasteiger charge is -2.04. The normalized spacial score (nSPS) is 13.0. The third kappa shape index (κ3) is 2.43. The minimum atomic E-state index is 0.0710. The Bertz CT molecular complexity index is 482. The summed E-state index contributed by atoms with van der Waals surface area (Å²) in [6.07, 6.45) is 2.48. The molecule has 0 amide bonds. The van der Waals surface area contributed by atoms with E-state index in [9.17, 15) is 0 Å². The van der Waals surface area contributed by atoms with Crippen molar-refractivity contribution >= 4 is 22.5 Å². The Labute approximate surface area is 93.3 Å². The van der Waals surface area contributed by atoms with Crippen LogP contribution in [0.15, 0.2) is 24.4 Å². The SMILES string of the molecule is CC(N)Cc1ncc2ccc(Cl)cc2n1. The highest BCUT2D eigenvalue weighted by Gasteiger charge is 2.03. The zero-order valence-electron chi connectivity index (χ0n) is 8.44. The van der Waals surface area contributed by atoms with Gasteiger partial charge in [-0.15, -0.1) is 0 Å². The van der Waals surface area contributed by atoms with Crippen LogP contribution in [0.5, 0.6) is 0 Å². The van der Waals surface area contributed by atoms with E-state index in [1.54, 1.807) is 6.20 Å². The summed E-state index contributed by atoms with van der Waals surface area (Å²) in [5.74, 6) is 0.764. The smallest absolute Gasteiger partial charge is 0.130 e. The molecule has 2 rings (SSSR count). The van der Waals surface area contributed by atoms with Crippen molar-refractivity contribution in [1.29, 1.82) is 0 Å². The second-order valence-electron chi connectivity index (χ2n) is 3.67. The molecule has 1 aromatic carbocycles. The summed E-state index contributed by atoms with van der Waals surface area (Å²) >= 11 is 5.89. The molecule has 0 saturated carbocycles. The molecule has 4 heteroatoms. The van der Waals surface area contributed by atoms with Crippen molar-refractivity contribution in [2.75, 3.05) is 0 Å². The molecule has 0 radical (unpaired) electrons. The van der Waals surface area contributed by atoms with E-state index in [-0.39, 0.29) is 6.04 Å². The average molecular weight is 222 g/mol. The maximum atomic E-state index is 5.89. The number of halogens is 1. The lowest BCUT2D eigenvalue weighted by Crippen LogP contribution is -2.19.